The number of halogens is 2. The fraction of sp³-hybridized carbons (Fsp3) is 0.107. The first-order valence-corrected chi connectivity index (χ1v) is 11.9. The minimum Gasteiger partial charge on any atom is -0.497 e. The van der Waals surface area contributed by atoms with Crippen LogP contribution in [0.1, 0.15) is 15.9 Å². The van der Waals surface area contributed by atoms with Crippen LogP contribution in [0.3, 0.4) is 0 Å². The molecule has 0 spiro atoms. The summed E-state index contributed by atoms with van der Waals surface area (Å²) in [5, 5.41) is 13.0. The van der Waals surface area contributed by atoms with Crippen LogP contribution in [0.2, 0.25) is 10.0 Å². The molecule has 8 nitrogen and oxygen atoms in total. The van der Waals surface area contributed by atoms with Gasteiger partial charge in [-0.1, -0.05) is 35.3 Å². The maximum absolute atomic E-state index is 12.7. The van der Waals surface area contributed by atoms with Gasteiger partial charge < -0.3 is 18.6 Å². The molecule has 0 saturated carbocycles. The molecule has 10 heteroatoms. The lowest BCUT2D eigenvalue weighted by molar-refractivity contribution is -0.119. The first-order valence-electron chi connectivity index (χ1n) is 11.1. The number of carbonyl (C=O) groups excluding carboxylic acids is 2. The molecular formula is C28H20Cl2N2O6. The molecule has 3 aromatic carbocycles. The summed E-state index contributed by atoms with van der Waals surface area (Å²) in [6.45, 7) is -0.635. The van der Waals surface area contributed by atoms with E-state index in [0.29, 0.717) is 33.9 Å². The Bertz CT molecular complexity index is 1500. The van der Waals surface area contributed by atoms with Gasteiger partial charge in [-0.25, -0.2) is 4.79 Å². The summed E-state index contributed by atoms with van der Waals surface area (Å²) < 4.78 is 21.5. The summed E-state index contributed by atoms with van der Waals surface area (Å²) in [7, 11) is 3.11. The Balaban J connectivity index is 1.63. The third-order valence-electron chi connectivity index (χ3n) is 5.44. The zero-order chi connectivity index (χ0) is 27.2. The van der Waals surface area contributed by atoms with Gasteiger partial charge in [-0.2, -0.15) is 5.26 Å². The first kappa shape index (κ1) is 26.6. The molecule has 1 N–H and O–H groups in total. The number of carbonyl (C=O) groups is 2. The van der Waals surface area contributed by atoms with Crippen molar-refractivity contribution in [1.82, 2.24) is 0 Å². The van der Waals surface area contributed by atoms with Crippen molar-refractivity contribution in [2.45, 2.75) is 0 Å². The van der Waals surface area contributed by atoms with Crippen molar-refractivity contribution in [3.05, 3.63) is 87.9 Å². The summed E-state index contributed by atoms with van der Waals surface area (Å²) in [4.78, 5) is 25.0. The summed E-state index contributed by atoms with van der Waals surface area (Å²) in [5.74, 6) is 0.0501. The van der Waals surface area contributed by atoms with Crippen LogP contribution < -0.4 is 14.8 Å². The molecule has 1 amide bonds. The van der Waals surface area contributed by atoms with Crippen molar-refractivity contribution in [2.24, 2.45) is 0 Å². The summed E-state index contributed by atoms with van der Waals surface area (Å²) in [6.07, 6.45) is 0. The smallest absolute Gasteiger partial charge is 0.338 e. The Morgan fingerprint density at radius 2 is 1.45 bits per heavy atom. The van der Waals surface area contributed by atoms with E-state index in [1.807, 2.05) is 0 Å². The number of nitrogens with one attached hydrogen (secondary N) is 1. The predicted molar refractivity (Wildman–Crippen MR) is 143 cm³/mol. The molecule has 0 atom stereocenters. The second-order valence-corrected chi connectivity index (χ2v) is 8.73. The quantitative estimate of drug-likeness (QED) is 0.246. The van der Waals surface area contributed by atoms with Gasteiger partial charge in [0, 0.05) is 21.2 Å². The van der Waals surface area contributed by atoms with Crippen LogP contribution in [0.25, 0.3) is 22.5 Å². The number of furan rings is 1. The van der Waals surface area contributed by atoms with Gasteiger partial charge in [0.15, 0.2) is 6.61 Å². The molecule has 1 heterocycles. The van der Waals surface area contributed by atoms with Gasteiger partial charge in [0.05, 0.1) is 19.8 Å². The van der Waals surface area contributed by atoms with Crippen LogP contribution in [0.4, 0.5) is 5.88 Å². The van der Waals surface area contributed by atoms with E-state index in [2.05, 4.69) is 11.4 Å². The zero-order valence-electron chi connectivity index (χ0n) is 20.2. The van der Waals surface area contributed by atoms with Gasteiger partial charge >= 0.3 is 5.97 Å². The minimum absolute atomic E-state index is 0.0871. The van der Waals surface area contributed by atoms with Crippen LogP contribution in [0.15, 0.2) is 71.1 Å². The molecule has 4 rings (SSSR count). The predicted octanol–water partition coefficient (Wildman–Crippen LogP) is 6.60. The third-order valence-corrected chi connectivity index (χ3v) is 5.87. The number of methoxy groups -OCH3 is 2. The highest BCUT2D eigenvalue weighted by molar-refractivity contribution is 6.35. The van der Waals surface area contributed by atoms with Gasteiger partial charge in [0.1, 0.15) is 28.9 Å². The first-order chi connectivity index (χ1) is 18.3. The van der Waals surface area contributed by atoms with E-state index in [4.69, 9.17) is 41.8 Å². The summed E-state index contributed by atoms with van der Waals surface area (Å²) >= 11 is 11.8. The van der Waals surface area contributed by atoms with Crippen LogP contribution in [-0.4, -0.2) is 32.7 Å². The number of rotatable bonds is 8. The highest BCUT2D eigenvalue weighted by atomic mass is 35.5. The second-order valence-electron chi connectivity index (χ2n) is 7.86. The van der Waals surface area contributed by atoms with E-state index in [1.165, 1.54) is 18.2 Å². The van der Waals surface area contributed by atoms with Crippen LogP contribution in [0.5, 0.6) is 11.5 Å². The van der Waals surface area contributed by atoms with Crippen molar-refractivity contribution in [3.63, 3.8) is 0 Å². The topological polar surface area (TPSA) is 111 Å². The molecule has 0 fully saturated rings. The van der Waals surface area contributed by atoms with Crippen LogP contribution in [0, 0.1) is 11.3 Å². The Hall–Kier alpha value is -4.45. The molecule has 1 aromatic heterocycles. The zero-order valence-corrected chi connectivity index (χ0v) is 21.7. The largest absolute Gasteiger partial charge is 0.497 e. The molecule has 4 aromatic rings. The molecule has 0 aliphatic rings. The average molecular weight is 551 g/mol. The lowest BCUT2D eigenvalue weighted by atomic mass is 9.98. The lowest BCUT2D eigenvalue weighted by Crippen LogP contribution is -2.21. The average Bonchev–Trinajstić information content (AvgIpc) is 3.29. The maximum atomic E-state index is 12.7. The lowest BCUT2D eigenvalue weighted by Gasteiger charge is -2.06. The summed E-state index contributed by atoms with van der Waals surface area (Å²) in [6, 6.07) is 20.4. The number of benzene rings is 3. The SMILES string of the molecule is COc1ccc(-c2oc(NC(=O)COC(=O)c3cc(Cl)cc(Cl)c3)c(C#N)c2-c2ccc(OC)cc2)cc1. The number of hydrogen-bond acceptors (Lipinski definition) is 7. The van der Waals surface area contributed by atoms with Gasteiger partial charge in [0.25, 0.3) is 5.91 Å². The van der Waals surface area contributed by atoms with E-state index in [9.17, 15) is 14.9 Å². The highest BCUT2D eigenvalue weighted by Gasteiger charge is 2.25. The fourth-order valence-corrected chi connectivity index (χ4v) is 4.18. The van der Waals surface area contributed by atoms with Gasteiger partial charge in [-0.3, -0.25) is 10.1 Å². The summed E-state index contributed by atoms with van der Waals surface area (Å²) in [5.41, 5.74) is 1.98. The van der Waals surface area contributed by atoms with Crippen molar-refractivity contribution in [3.8, 4) is 40.0 Å². The molecule has 0 aliphatic carbocycles. The number of ether oxygens (including phenoxy) is 3. The van der Waals surface area contributed by atoms with Crippen molar-refractivity contribution >= 4 is 41.0 Å². The van der Waals surface area contributed by atoms with Crippen LogP contribution >= 0.6 is 23.2 Å². The number of nitrogens with zero attached hydrogens (tertiary/aromatic N) is 1. The second kappa shape index (κ2) is 11.7. The normalized spacial score (nSPS) is 10.4. The number of nitriles is 1. The molecule has 0 saturated heterocycles. The van der Waals surface area contributed by atoms with Crippen LogP contribution in [-0.2, 0) is 9.53 Å². The van der Waals surface area contributed by atoms with E-state index in [-0.39, 0.29) is 27.1 Å². The Labute approximate surface area is 228 Å². The number of amides is 1. The van der Waals surface area contributed by atoms with Crippen molar-refractivity contribution in [2.75, 3.05) is 26.1 Å². The Kier molecular flexibility index (Phi) is 8.22. The van der Waals surface area contributed by atoms with Gasteiger partial charge in [-0.05, 0) is 60.2 Å². The molecule has 0 aliphatic heterocycles. The third kappa shape index (κ3) is 5.92. The number of esters is 1. The highest BCUT2D eigenvalue weighted by Crippen LogP contribution is 2.42. The van der Waals surface area contributed by atoms with Gasteiger partial charge in [-0.15, -0.1) is 0 Å². The molecule has 0 unspecified atom stereocenters. The fourth-order valence-electron chi connectivity index (χ4n) is 3.65. The minimum atomic E-state index is -0.789. The van der Waals surface area contributed by atoms with E-state index < -0.39 is 18.5 Å². The van der Waals surface area contributed by atoms with E-state index in [1.54, 1.807) is 62.8 Å². The standard InChI is InChI=1S/C28H20Cl2N2O6/c1-35-21-7-3-16(4-8-21)25-23(14-31)27(38-26(25)17-5-9-22(36-2)10-6-17)32-24(33)15-37-28(34)18-11-19(29)13-20(30)12-18/h3-13H,15H2,1-2H3,(H,32,33). The number of anilines is 1. The molecule has 192 valence electrons. The van der Waals surface area contributed by atoms with Crippen molar-refractivity contribution in [1.29, 1.82) is 5.26 Å². The Morgan fingerprint density at radius 3 is 1.97 bits per heavy atom. The molecule has 38 heavy (non-hydrogen) atoms. The maximum Gasteiger partial charge on any atom is 0.338 e. The van der Waals surface area contributed by atoms with Crippen molar-refractivity contribution < 1.29 is 28.2 Å². The number of hydrogen-bond donors (Lipinski definition) is 1. The molecule has 0 radical (unpaired) electrons. The monoisotopic (exact) mass is 550 g/mol. The van der Waals surface area contributed by atoms with E-state index in [0.717, 1.165) is 0 Å². The molecular weight excluding hydrogens is 531 g/mol. The molecule has 0 bridgehead atoms. The van der Waals surface area contributed by atoms with E-state index >= 15 is 0 Å². The van der Waals surface area contributed by atoms with Gasteiger partial charge in [0.2, 0.25) is 5.88 Å². The Morgan fingerprint density at radius 1 is 0.895 bits per heavy atom.